The standard InChI is InChI=1S/C13H20N2O4S/c1-10-9-14-6-7-15(10)20(16,17)13-5-4-11(18-2)8-12(13)19-3/h4-5,8,10,14H,6-7,9H2,1-3H3/t10-/m1/s1. The maximum atomic E-state index is 12.8. The van der Waals surface area contributed by atoms with Crippen LogP contribution in [0.2, 0.25) is 0 Å². The van der Waals surface area contributed by atoms with E-state index in [1.54, 1.807) is 12.1 Å². The zero-order valence-corrected chi connectivity index (χ0v) is 12.7. The van der Waals surface area contributed by atoms with Crippen molar-refractivity contribution >= 4 is 10.0 Å². The molecule has 0 amide bonds. The number of piperazine rings is 1. The van der Waals surface area contributed by atoms with Crippen LogP contribution >= 0.6 is 0 Å². The summed E-state index contributed by atoms with van der Waals surface area (Å²) in [6.45, 7) is 3.65. The number of benzene rings is 1. The van der Waals surface area contributed by atoms with Gasteiger partial charge in [0.2, 0.25) is 10.0 Å². The van der Waals surface area contributed by atoms with Crippen LogP contribution in [0.25, 0.3) is 0 Å². The molecule has 6 nitrogen and oxygen atoms in total. The molecule has 0 radical (unpaired) electrons. The molecule has 20 heavy (non-hydrogen) atoms. The molecule has 0 aromatic heterocycles. The summed E-state index contributed by atoms with van der Waals surface area (Å²) in [5, 5.41) is 3.18. The van der Waals surface area contributed by atoms with Crippen LogP contribution in [0, 0.1) is 0 Å². The van der Waals surface area contributed by atoms with Crippen molar-refractivity contribution in [2.24, 2.45) is 0 Å². The van der Waals surface area contributed by atoms with Gasteiger partial charge in [-0.15, -0.1) is 0 Å². The topological polar surface area (TPSA) is 67.9 Å². The van der Waals surface area contributed by atoms with E-state index in [0.717, 1.165) is 0 Å². The summed E-state index contributed by atoms with van der Waals surface area (Å²) in [7, 11) is -0.584. The predicted octanol–water partition coefficient (Wildman–Crippen LogP) is 0.686. The Morgan fingerprint density at radius 3 is 2.65 bits per heavy atom. The van der Waals surface area contributed by atoms with Crippen LogP contribution < -0.4 is 14.8 Å². The highest BCUT2D eigenvalue weighted by atomic mass is 32.2. The van der Waals surface area contributed by atoms with E-state index in [0.29, 0.717) is 31.1 Å². The summed E-state index contributed by atoms with van der Waals surface area (Å²) in [5.74, 6) is 0.865. The molecule has 1 saturated heterocycles. The Hall–Kier alpha value is -1.31. The van der Waals surface area contributed by atoms with Gasteiger partial charge >= 0.3 is 0 Å². The molecule has 1 fully saturated rings. The molecule has 1 aliphatic heterocycles. The molecule has 1 aromatic rings. The number of nitrogens with one attached hydrogen (secondary N) is 1. The van der Waals surface area contributed by atoms with Crippen molar-refractivity contribution in [2.45, 2.75) is 17.9 Å². The molecular weight excluding hydrogens is 280 g/mol. The lowest BCUT2D eigenvalue weighted by Gasteiger charge is -2.33. The van der Waals surface area contributed by atoms with Crippen LogP contribution in [-0.4, -0.2) is 52.6 Å². The number of ether oxygens (including phenoxy) is 2. The lowest BCUT2D eigenvalue weighted by atomic mass is 10.3. The van der Waals surface area contributed by atoms with Gasteiger partial charge in [-0.05, 0) is 19.1 Å². The highest BCUT2D eigenvalue weighted by molar-refractivity contribution is 7.89. The molecule has 0 unspecified atom stereocenters. The minimum atomic E-state index is -3.57. The van der Waals surface area contributed by atoms with Crippen molar-refractivity contribution in [1.29, 1.82) is 0 Å². The van der Waals surface area contributed by atoms with Crippen LogP contribution in [0.3, 0.4) is 0 Å². The molecule has 1 atom stereocenters. The largest absolute Gasteiger partial charge is 0.497 e. The average molecular weight is 300 g/mol. The molecule has 7 heteroatoms. The molecule has 1 heterocycles. The molecule has 1 aliphatic rings. The zero-order chi connectivity index (χ0) is 14.8. The summed E-state index contributed by atoms with van der Waals surface area (Å²) >= 11 is 0. The van der Waals surface area contributed by atoms with Crippen molar-refractivity contribution < 1.29 is 17.9 Å². The first-order valence-corrected chi connectivity index (χ1v) is 7.89. The lowest BCUT2D eigenvalue weighted by molar-refractivity contribution is 0.282. The van der Waals surface area contributed by atoms with Gasteiger partial charge in [0.1, 0.15) is 16.4 Å². The van der Waals surface area contributed by atoms with E-state index in [4.69, 9.17) is 9.47 Å². The number of hydrogen-bond donors (Lipinski definition) is 1. The Balaban J connectivity index is 2.43. The first-order valence-electron chi connectivity index (χ1n) is 6.45. The fraction of sp³-hybridized carbons (Fsp3) is 0.538. The molecular formula is C13H20N2O4S. The minimum Gasteiger partial charge on any atom is -0.497 e. The second-order valence-corrected chi connectivity index (χ2v) is 6.54. The summed E-state index contributed by atoms with van der Waals surface area (Å²) < 4.78 is 37.3. The van der Waals surface area contributed by atoms with E-state index in [1.165, 1.54) is 24.6 Å². The fourth-order valence-corrected chi connectivity index (χ4v) is 4.06. The van der Waals surface area contributed by atoms with Gasteiger partial charge in [-0.2, -0.15) is 4.31 Å². The maximum Gasteiger partial charge on any atom is 0.247 e. The molecule has 1 N–H and O–H groups in total. The summed E-state index contributed by atoms with van der Waals surface area (Å²) in [5.41, 5.74) is 0. The number of sulfonamides is 1. The number of methoxy groups -OCH3 is 2. The monoisotopic (exact) mass is 300 g/mol. The Kier molecular flexibility index (Phi) is 4.52. The van der Waals surface area contributed by atoms with Gasteiger partial charge in [-0.3, -0.25) is 0 Å². The first kappa shape index (κ1) is 15.1. The average Bonchev–Trinajstić information content (AvgIpc) is 2.46. The van der Waals surface area contributed by atoms with Crippen LogP contribution in [0.5, 0.6) is 11.5 Å². The summed E-state index contributed by atoms with van der Waals surface area (Å²) in [6, 6.07) is 4.66. The van der Waals surface area contributed by atoms with Crippen molar-refractivity contribution in [2.75, 3.05) is 33.9 Å². The third kappa shape index (κ3) is 2.74. The molecule has 0 spiro atoms. The van der Waals surface area contributed by atoms with Gasteiger partial charge in [-0.25, -0.2) is 8.42 Å². The third-order valence-corrected chi connectivity index (χ3v) is 5.45. The Morgan fingerprint density at radius 2 is 2.05 bits per heavy atom. The summed E-state index contributed by atoms with van der Waals surface area (Å²) in [6.07, 6.45) is 0. The fourth-order valence-electron chi connectivity index (χ4n) is 2.29. The van der Waals surface area contributed by atoms with Crippen LogP contribution in [0.1, 0.15) is 6.92 Å². The third-order valence-electron chi connectivity index (χ3n) is 3.40. The van der Waals surface area contributed by atoms with Crippen molar-refractivity contribution in [3.05, 3.63) is 18.2 Å². The van der Waals surface area contributed by atoms with Gasteiger partial charge in [0.25, 0.3) is 0 Å². The van der Waals surface area contributed by atoms with Crippen molar-refractivity contribution in [3.63, 3.8) is 0 Å². The van der Waals surface area contributed by atoms with Crippen LogP contribution in [0.4, 0.5) is 0 Å². The number of nitrogens with zero attached hydrogens (tertiary/aromatic N) is 1. The van der Waals surface area contributed by atoms with E-state index in [1.807, 2.05) is 6.92 Å². The lowest BCUT2D eigenvalue weighted by Crippen LogP contribution is -2.52. The predicted molar refractivity (Wildman–Crippen MR) is 75.8 cm³/mol. The number of rotatable bonds is 4. The van der Waals surface area contributed by atoms with E-state index in [9.17, 15) is 8.42 Å². The second-order valence-electron chi connectivity index (χ2n) is 4.69. The quantitative estimate of drug-likeness (QED) is 0.886. The van der Waals surface area contributed by atoms with E-state index < -0.39 is 10.0 Å². The molecule has 0 bridgehead atoms. The highest BCUT2D eigenvalue weighted by Gasteiger charge is 2.33. The Bertz CT molecular complexity index is 574. The normalized spacial score (nSPS) is 20.6. The van der Waals surface area contributed by atoms with E-state index in [2.05, 4.69) is 5.32 Å². The minimum absolute atomic E-state index is 0.0828. The van der Waals surface area contributed by atoms with Crippen LogP contribution in [0.15, 0.2) is 23.1 Å². The van der Waals surface area contributed by atoms with Crippen molar-refractivity contribution in [1.82, 2.24) is 9.62 Å². The smallest absolute Gasteiger partial charge is 0.247 e. The molecule has 1 aromatic carbocycles. The van der Waals surface area contributed by atoms with E-state index in [-0.39, 0.29) is 10.9 Å². The van der Waals surface area contributed by atoms with E-state index >= 15 is 0 Å². The SMILES string of the molecule is COc1ccc(S(=O)(=O)N2CCNC[C@H]2C)c(OC)c1. The maximum absolute atomic E-state index is 12.8. The van der Waals surface area contributed by atoms with Gasteiger partial charge < -0.3 is 14.8 Å². The summed E-state index contributed by atoms with van der Waals surface area (Å²) in [4.78, 5) is 0.176. The zero-order valence-electron chi connectivity index (χ0n) is 11.9. The first-order chi connectivity index (χ1) is 9.50. The van der Waals surface area contributed by atoms with Crippen LogP contribution in [-0.2, 0) is 10.0 Å². The highest BCUT2D eigenvalue weighted by Crippen LogP contribution is 2.31. The molecule has 2 rings (SSSR count). The Morgan fingerprint density at radius 1 is 1.30 bits per heavy atom. The van der Waals surface area contributed by atoms with Gasteiger partial charge in [0.15, 0.2) is 0 Å². The molecule has 0 aliphatic carbocycles. The van der Waals surface area contributed by atoms with Gasteiger partial charge in [0.05, 0.1) is 14.2 Å². The molecule has 0 saturated carbocycles. The molecule has 112 valence electrons. The Labute approximate surface area is 119 Å². The van der Waals surface area contributed by atoms with Crippen molar-refractivity contribution in [3.8, 4) is 11.5 Å². The van der Waals surface area contributed by atoms with Gasteiger partial charge in [-0.1, -0.05) is 0 Å². The number of hydrogen-bond acceptors (Lipinski definition) is 5. The van der Waals surface area contributed by atoms with Gasteiger partial charge in [0, 0.05) is 31.7 Å². The second kappa shape index (κ2) is 5.99.